The van der Waals surface area contributed by atoms with Crippen LogP contribution in [0.15, 0.2) is 11.4 Å². The van der Waals surface area contributed by atoms with Crippen LogP contribution >= 0.6 is 0 Å². The normalized spacial score (nSPS) is 26.2. The molecule has 2 nitrogen and oxygen atoms in total. The summed E-state index contributed by atoms with van der Waals surface area (Å²) in [6.07, 6.45) is 2.51. The molecule has 1 N–H and O–H groups in total. The van der Waals surface area contributed by atoms with Crippen molar-refractivity contribution in [2.45, 2.75) is 26.2 Å². The Bertz CT molecular complexity index is 235. The molecular weight excluding hydrogens is 169 g/mol. The van der Waals surface area contributed by atoms with Gasteiger partial charge in [0, 0.05) is 12.5 Å². The minimum atomic E-state index is -0.145. The van der Waals surface area contributed by atoms with E-state index in [1.165, 1.54) is 0 Å². The lowest BCUT2D eigenvalue weighted by Crippen LogP contribution is -2.14. The summed E-state index contributed by atoms with van der Waals surface area (Å²) in [6, 6.07) is 0. The first kappa shape index (κ1) is 10.4. The number of nitrogens with one attached hydrogen (secondary N) is 1. The molecule has 0 aromatic rings. The Morgan fingerprint density at radius 1 is 1.69 bits per heavy atom. The van der Waals surface area contributed by atoms with Crippen LogP contribution in [-0.2, 0) is 4.79 Å². The standard InChI is InChI=1S/C10H16FNO/c1-7(13)8-4-3-5-9(8)10(11)6-12-2/h8,12H,3-6H2,1-2H3/b10-9+/t8-/m0/s1. The molecule has 1 fully saturated rings. The molecule has 3 heteroatoms. The van der Waals surface area contributed by atoms with Gasteiger partial charge in [0.15, 0.2) is 0 Å². The zero-order valence-corrected chi connectivity index (χ0v) is 8.19. The molecule has 0 amide bonds. The summed E-state index contributed by atoms with van der Waals surface area (Å²) in [4.78, 5) is 11.1. The molecule has 74 valence electrons. The fraction of sp³-hybridized carbons (Fsp3) is 0.700. The average molecular weight is 185 g/mol. The van der Waals surface area contributed by atoms with Gasteiger partial charge in [-0.15, -0.1) is 0 Å². The van der Waals surface area contributed by atoms with E-state index >= 15 is 0 Å². The van der Waals surface area contributed by atoms with Crippen molar-refractivity contribution in [3.63, 3.8) is 0 Å². The summed E-state index contributed by atoms with van der Waals surface area (Å²) >= 11 is 0. The molecule has 1 rings (SSSR count). The lowest BCUT2D eigenvalue weighted by molar-refractivity contribution is -0.119. The van der Waals surface area contributed by atoms with Gasteiger partial charge in [-0.05, 0) is 38.8 Å². The third-order valence-corrected chi connectivity index (χ3v) is 2.53. The Morgan fingerprint density at radius 2 is 2.38 bits per heavy atom. The SMILES string of the molecule is CNC/C(F)=C1/CCC[C@H]1C(C)=O. The van der Waals surface area contributed by atoms with Gasteiger partial charge in [0.2, 0.25) is 0 Å². The second-order valence-electron chi connectivity index (χ2n) is 3.52. The highest BCUT2D eigenvalue weighted by Crippen LogP contribution is 2.34. The molecule has 0 aromatic heterocycles. The molecule has 0 spiro atoms. The summed E-state index contributed by atoms with van der Waals surface area (Å²) in [7, 11) is 1.71. The van der Waals surface area contributed by atoms with Gasteiger partial charge in [0.1, 0.15) is 11.6 Å². The van der Waals surface area contributed by atoms with Crippen LogP contribution in [0, 0.1) is 5.92 Å². The number of halogens is 1. The highest BCUT2D eigenvalue weighted by atomic mass is 19.1. The minimum absolute atomic E-state index is 0.0961. The Balaban J connectivity index is 2.77. The van der Waals surface area contributed by atoms with E-state index in [2.05, 4.69) is 5.32 Å². The maximum absolute atomic E-state index is 13.4. The van der Waals surface area contributed by atoms with Gasteiger partial charge in [-0.3, -0.25) is 4.79 Å². The summed E-state index contributed by atoms with van der Waals surface area (Å²) in [5, 5.41) is 2.76. The van der Waals surface area contributed by atoms with Crippen molar-refractivity contribution >= 4 is 5.78 Å². The maximum Gasteiger partial charge on any atom is 0.137 e. The van der Waals surface area contributed by atoms with Crippen molar-refractivity contribution in [1.29, 1.82) is 0 Å². The highest BCUT2D eigenvalue weighted by Gasteiger charge is 2.27. The topological polar surface area (TPSA) is 29.1 Å². The largest absolute Gasteiger partial charge is 0.314 e. The second kappa shape index (κ2) is 4.51. The lowest BCUT2D eigenvalue weighted by Gasteiger charge is -2.09. The molecule has 1 aliphatic carbocycles. The van der Waals surface area contributed by atoms with Crippen LogP contribution in [0.2, 0.25) is 0 Å². The van der Waals surface area contributed by atoms with Crippen molar-refractivity contribution in [2.75, 3.05) is 13.6 Å². The van der Waals surface area contributed by atoms with E-state index in [9.17, 15) is 9.18 Å². The predicted octanol–water partition coefficient (Wildman–Crippen LogP) is 1.82. The van der Waals surface area contributed by atoms with Gasteiger partial charge in [-0.2, -0.15) is 0 Å². The molecule has 1 saturated carbocycles. The third kappa shape index (κ3) is 2.37. The average Bonchev–Trinajstić information content (AvgIpc) is 2.52. The molecule has 1 atom stereocenters. The predicted molar refractivity (Wildman–Crippen MR) is 50.1 cm³/mol. The molecule has 0 heterocycles. The number of carbonyl (C=O) groups is 1. The van der Waals surface area contributed by atoms with Crippen molar-refractivity contribution in [3.05, 3.63) is 11.4 Å². The van der Waals surface area contributed by atoms with Gasteiger partial charge >= 0.3 is 0 Å². The van der Waals surface area contributed by atoms with E-state index in [1.54, 1.807) is 14.0 Å². The molecule has 0 bridgehead atoms. The fourth-order valence-corrected chi connectivity index (χ4v) is 1.89. The van der Waals surface area contributed by atoms with Crippen molar-refractivity contribution in [2.24, 2.45) is 5.92 Å². The molecule has 13 heavy (non-hydrogen) atoms. The first-order valence-electron chi connectivity index (χ1n) is 4.69. The van der Waals surface area contributed by atoms with Crippen molar-refractivity contribution in [1.82, 2.24) is 5.32 Å². The molecule has 0 saturated heterocycles. The van der Waals surface area contributed by atoms with Crippen LogP contribution < -0.4 is 5.32 Å². The first-order chi connectivity index (χ1) is 6.16. The maximum atomic E-state index is 13.4. The minimum Gasteiger partial charge on any atom is -0.314 e. The van der Waals surface area contributed by atoms with Crippen LogP contribution in [0.4, 0.5) is 4.39 Å². The number of Topliss-reactive ketones (excluding diaryl/α,β-unsaturated/α-hetero) is 1. The van der Waals surface area contributed by atoms with Crippen molar-refractivity contribution in [3.8, 4) is 0 Å². The number of hydrogen-bond acceptors (Lipinski definition) is 2. The summed E-state index contributed by atoms with van der Waals surface area (Å²) in [5.74, 6) is -0.188. The van der Waals surface area contributed by atoms with Gasteiger partial charge in [0.25, 0.3) is 0 Å². The molecule has 0 radical (unpaired) electrons. The van der Waals surface area contributed by atoms with Gasteiger partial charge in [0.05, 0.1) is 0 Å². The van der Waals surface area contributed by atoms with E-state index < -0.39 is 0 Å². The third-order valence-electron chi connectivity index (χ3n) is 2.53. The van der Waals surface area contributed by atoms with Gasteiger partial charge < -0.3 is 5.32 Å². The Kier molecular flexibility index (Phi) is 3.60. The number of rotatable bonds is 3. The quantitative estimate of drug-likeness (QED) is 0.726. The summed E-state index contributed by atoms with van der Waals surface area (Å²) < 4.78 is 13.4. The van der Waals surface area contributed by atoms with Crippen LogP contribution in [0.5, 0.6) is 0 Å². The van der Waals surface area contributed by atoms with Crippen molar-refractivity contribution < 1.29 is 9.18 Å². The molecule has 0 aromatic carbocycles. The zero-order valence-electron chi connectivity index (χ0n) is 8.19. The van der Waals surface area contributed by atoms with E-state index in [0.29, 0.717) is 0 Å². The molecule has 0 aliphatic heterocycles. The van der Waals surface area contributed by atoms with Gasteiger partial charge in [-0.25, -0.2) is 4.39 Å². The van der Waals surface area contributed by atoms with Gasteiger partial charge in [-0.1, -0.05) is 0 Å². The first-order valence-corrected chi connectivity index (χ1v) is 4.69. The van der Waals surface area contributed by atoms with Crippen LogP contribution in [0.1, 0.15) is 26.2 Å². The van der Waals surface area contributed by atoms with E-state index in [0.717, 1.165) is 24.8 Å². The number of likely N-dealkylation sites (N-methyl/N-ethyl adjacent to an activating group) is 1. The monoisotopic (exact) mass is 185 g/mol. The number of carbonyl (C=O) groups excluding carboxylic acids is 1. The smallest absolute Gasteiger partial charge is 0.137 e. The number of allylic oxidation sites excluding steroid dienone is 1. The van der Waals surface area contributed by atoms with E-state index in [-0.39, 0.29) is 24.1 Å². The Labute approximate surface area is 78.2 Å². The summed E-state index contributed by atoms with van der Waals surface area (Å²) in [5.41, 5.74) is 0.724. The lowest BCUT2D eigenvalue weighted by atomic mass is 9.98. The second-order valence-corrected chi connectivity index (χ2v) is 3.52. The zero-order chi connectivity index (χ0) is 9.84. The Hall–Kier alpha value is -0.700. The van der Waals surface area contributed by atoms with Crippen LogP contribution in [0.3, 0.4) is 0 Å². The van der Waals surface area contributed by atoms with Crippen LogP contribution in [-0.4, -0.2) is 19.4 Å². The number of hydrogen-bond donors (Lipinski definition) is 1. The van der Waals surface area contributed by atoms with Crippen LogP contribution in [0.25, 0.3) is 0 Å². The Morgan fingerprint density at radius 3 is 2.92 bits per heavy atom. The molecule has 1 aliphatic rings. The fourth-order valence-electron chi connectivity index (χ4n) is 1.89. The van der Waals surface area contributed by atoms with E-state index in [4.69, 9.17) is 0 Å². The number of ketones is 1. The highest BCUT2D eigenvalue weighted by molar-refractivity contribution is 5.81. The summed E-state index contributed by atoms with van der Waals surface area (Å²) in [6.45, 7) is 1.79. The molecular formula is C10H16FNO. The van der Waals surface area contributed by atoms with E-state index in [1.807, 2.05) is 0 Å². The molecule has 0 unspecified atom stereocenters.